The Hall–Kier alpha value is -2.61. The van der Waals surface area contributed by atoms with E-state index in [-0.39, 0.29) is 6.54 Å². The van der Waals surface area contributed by atoms with Gasteiger partial charge < -0.3 is 10.6 Å². The first-order valence-electron chi connectivity index (χ1n) is 6.53. The maximum atomic E-state index is 8.58. The van der Waals surface area contributed by atoms with Crippen molar-refractivity contribution in [2.75, 3.05) is 17.2 Å². The molecule has 102 valence electrons. The van der Waals surface area contributed by atoms with Gasteiger partial charge in [-0.2, -0.15) is 5.26 Å². The topological polar surface area (TPSA) is 73.6 Å². The van der Waals surface area contributed by atoms with Crippen LogP contribution in [0.25, 0.3) is 0 Å². The van der Waals surface area contributed by atoms with Gasteiger partial charge in [-0.15, -0.1) is 0 Å². The highest BCUT2D eigenvalue weighted by Gasteiger charge is 2.02. The number of nitrogens with one attached hydrogen (secondary N) is 2. The van der Waals surface area contributed by atoms with E-state index in [1.165, 1.54) is 5.56 Å². The van der Waals surface area contributed by atoms with Gasteiger partial charge in [-0.05, 0) is 31.0 Å². The largest absolute Gasteiger partial charge is 0.357 e. The van der Waals surface area contributed by atoms with Gasteiger partial charge in [0.25, 0.3) is 0 Å². The average molecular weight is 267 g/mol. The third kappa shape index (κ3) is 3.69. The molecular weight excluding hydrogens is 250 g/mol. The molecule has 1 heterocycles. The standard InChI is InChI=1S/C15H17N5/c1-3-12-4-6-13(7-5-12)20-15-10-14(17-9-8-16)18-11(2)19-15/h4-7,10H,3,9H2,1-2H3,(H2,17,18,19,20). The summed E-state index contributed by atoms with van der Waals surface area (Å²) in [5, 5.41) is 14.7. The van der Waals surface area contributed by atoms with E-state index in [2.05, 4.69) is 39.7 Å². The molecule has 0 radical (unpaired) electrons. The van der Waals surface area contributed by atoms with E-state index in [0.717, 1.165) is 12.1 Å². The Morgan fingerprint density at radius 3 is 2.50 bits per heavy atom. The molecule has 0 spiro atoms. The van der Waals surface area contributed by atoms with Crippen molar-refractivity contribution < 1.29 is 0 Å². The molecule has 0 unspecified atom stereocenters. The highest BCUT2D eigenvalue weighted by atomic mass is 15.1. The number of benzene rings is 1. The first kappa shape index (κ1) is 13.8. The second-order valence-corrected chi connectivity index (χ2v) is 4.37. The lowest BCUT2D eigenvalue weighted by Crippen LogP contribution is -2.04. The summed E-state index contributed by atoms with van der Waals surface area (Å²) in [6, 6.07) is 12.0. The maximum absolute atomic E-state index is 8.58. The van der Waals surface area contributed by atoms with Gasteiger partial charge in [0.15, 0.2) is 0 Å². The maximum Gasteiger partial charge on any atom is 0.136 e. The zero-order valence-electron chi connectivity index (χ0n) is 11.6. The van der Waals surface area contributed by atoms with Crippen LogP contribution in [-0.2, 0) is 6.42 Å². The van der Waals surface area contributed by atoms with E-state index in [1.54, 1.807) is 6.07 Å². The lowest BCUT2D eigenvalue weighted by atomic mass is 10.1. The van der Waals surface area contributed by atoms with E-state index >= 15 is 0 Å². The summed E-state index contributed by atoms with van der Waals surface area (Å²) < 4.78 is 0. The minimum Gasteiger partial charge on any atom is -0.357 e. The first-order chi connectivity index (χ1) is 9.71. The minimum absolute atomic E-state index is 0.223. The third-order valence-corrected chi connectivity index (χ3v) is 2.82. The predicted octanol–water partition coefficient (Wildman–Crippen LogP) is 3.03. The number of anilines is 3. The second kappa shape index (κ2) is 6.53. The number of aromatic nitrogens is 2. The fourth-order valence-corrected chi connectivity index (χ4v) is 1.82. The lowest BCUT2D eigenvalue weighted by molar-refractivity contribution is 1.05. The van der Waals surface area contributed by atoms with Crippen LogP contribution >= 0.6 is 0 Å². The summed E-state index contributed by atoms with van der Waals surface area (Å²) in [7, 11) is 0. The van der Waals surface area contributed by atoms with Gasteiger partial charge in [0.2, 0.25) is 0 Å². The van der Waals surface area contributed by atoms with Crippen molar-refractivity contribution in [3.8, 4) is 6.07 Å². The molecule has 2 rings (SSSR count). The number of nitriles is 1. The fourth-order valence-electron chi connectivity index (χ4n) is 1.82. The van der Waals surface area contributed by atoms with E-state index in [1.807, 2.05) is 25.1 Å². The van der Waals surface area contributed by atoms with Crippen molar-refractivity contribution in [1.82, 2.24) is 9.97 Å². The number of aryl methyl sites for hydroxylation is 2. The monoisotopic (exact) mass is 267 g/mol. The molecule has 2 N–H and O–H groups in total. The van der Waals surface area contributed by atoms with Crippen molar-refractivity contribution in [2.24, 2.45) is 0 Å². The van der Waals surface area contributed by atoms with E-state index in [0.29, 0.717) is 17.5 Å². The van der Waals surface area contributed by atoms with Gasteiger partial charge in [-0.1, -0.05) is 19.1 Å². The molecule has 5 heteroatoms. The minimum atomic E-state index is 0.223. The van der Waals surface area contributed by atoms with Crippen LogP contribution in [0.1, 0.15) is 18.3 Å². The fraction of sp³-hybridized carbons (Fsp3) is 0.267. The van der Waals surface area contributed by atoms with Gasteiger partial charge in [-0.3, -0.25) is 0 Å². The first-order valence-corrected chi connectivity index (χ1v) is 6.53. The van der Waals surface area contributed by atoms with Crippen molar-refractivity contribution >= 4 is 17.3 Å². The predicted molar refractivity (Wildman–Crippen MR) is 80.0 cm³/mol. The molecule has 0 saturated heterocycles. The molecule has 1 aromatic heterocycles. The second-order valence-electron chi connectivity index (χ2n) is 4.37. The third-order valence-electron chi connectivity index (χ3n) is 2.82. The Morgan fingerprint density at radius 2 is 1.85 bits per heavy atom. The van der Waals surface area contributed by atoms with Crippen LogP contribution in [0.3, 0.4) is 0 Å². The Balaban J connectivity index is 2.15. The molecule has 1 aromatic carbocycles. The zero-order valence-corrected chi connectivity index (χ0v) is 11.6. The van der Waals surface area contributed by atoms with Gasteiger partial charge >= 0.3 is 0 Å². The molecule has 0 aliphatic heterocycles. The summed E-state index contributed by atoms with van der Waals surface area (Å²) in [5.74, 6) is 2.01. The van der Waals surface area contributed by atoms with E-state index in [4.69, 9.17) is 5.26 Å². The summed E-state index contributed by atoms with van der Waals surface area (Å²) in [5.41, 5.74) is 2.28. The van der Waals surface area contributed by atoms with Gasteiger partial charge in [0, 0.05) is 11.8 Å². The Labute approximate surface area is 118 Å². The molecule has 0 atom stereocenters. The van der Waals surface area contributed by atoms with Gasteiger partial charge in [0.05, 0.1) is 6.07 Å². The van der Waals surface area contributed by atoms with Crippen molar-refractivity contribution in [2.45, 2.75) is 20.3 Å². The summed E-state index contributed by atoms with van der Waals surface area (Å²) in [6.07, 6.45) is 1.02. The Bertz CT molecular complexity index is 613. The number of hydrogen-bond donors (Lipinski definition) is 2. The molecule has 0 saturated carbocycles. The van der Waals surface area contributed by atoms with Crippen molar-refractivity contribution in [3.05, 3.63) is 41.7 Å². The Morgan fingerprint density at radius 1 is 1.15 bits per heavy atom. The molecule has 0 bridgehead atoms. The zero-order chi connectivity index (χ0) is 14.4. The van der Waals surface area contributed by atoms with Crippen molar-refractivity contribution in [3.63, 3.8) is 0 Å². The van der Waals surface area contributed by atoms with E-state index < -0.39 is 0 Å². The van der Waals surface area contributed by atoms with Crippen molar-refractivity contribution in [1.29, 1.82) is 5.26 Å². The summed E-state index contributed by atoms with van der Waals surface area (Å²) >= 11 is 0. The lowest BCUT2D eigenvalue weighted by Gasteiger charge is -2.09. The summed E-state index contributed by atoms with van der Waals surface area (Å²) in [6.45, 7) is 4.17. The van der Waals surface area contributed by atoms with Crippen LogP contribution in [0, 0.1) is 18.3 Å². The SMILES string of the molecule is CCc1ccc(Nc2cc(NCC#N)nc(C)n2)cc1. The number of hydrogen-bond acceptors (Lipinski definition) is 5. The molecule has 0 amide bonds. The molecule has 0 fully saturated rings. The average Bonchev–Trinajstić information content (AvgIpc) is 2.45. The smallest absolute Gasteiger partial charge is 0.136 e. The van der Waals surface area contributed by atoms with Crippen LogP contribution in [0.5, 0.6) is 0 Å². The number of nitrogens with zero attached hydrogens (tertiary/aromatic N) is 3. The number of rotatable bonds is 5. The van der Waals surface area contributed by atoms with Crippen LogP contribution in [-0.4, -0.2) is 16.5 Å². The molecule has 0 aliphatic carbocycles. The quantitative estimate of drug-likeness (QED) is 0.814. The Kier molecular flexibility index (Phi) is 4.51. The molecular formula is C15H17N5. The van der Waals surface area contributed by atoms with Gasteiger partial charge in [0.1, 0.15) is 24.0 Å². The molecule has 20 heavy (non-hydrogen) atoms. The van der Waals surface area contributed by atoms with Crippen LogP contribution < -0.4 is 10.6 Å². The van der Waals surface area contributed by atoms with Crippen LogP contribution in [0.15, 0.2) is 30.3 Å². The highest BCUT2D eigenvalue weighted by molar-refractivity contribution is 5.59. The normalized spacial score (nSPS) is 9.85. The molecule has 0 aliphatic rings. The van der Waals surface area contributed by atoms with Gasteiger partial charge in [-0.25, -0.2) is 9.97 Å². The van der Waals surface area contributed by atoms with Crippen LogP contribution in [0.4, 0.5) is 17.3 Å². The summed E-state index contributed by atoms with van der Waals surface area (Å²) in [4.78, 5) is 8.56. The molecule has 5 nitrogen and oxygen atoms in total. The van der Waals surface area contributed by atoms with E-state index in [9.17, 15) is 0 Å². The molecule has 2 aromatic rings. The highest BCUT2D eigenvalue weighted by Crippen LogP contribution is 2.18. The van der Waals surface area contributed by atoms with Crippen LogP contribution in [0.2, 0.25) is 0 Å².